The van der Waals surface area contributed by atoms with Crippen molar-refractivity contribution in [3.63, 3.8) is 0 Å². The molecule has 0 spiro atoms. The molecule has 2 N–H and O–H groups in total. The minimum atomic E-state index is -0.141. The van der Waals surface area contributed by atoms with Crippen LogP contribution >= 0.6 is 0 Å². The van der Waals surface area contributed by atoms with Crippen molar-refractivity contribution in [2.75, 3.05) is 38.2 Å². The van der Waals surface area contributed by atoms with E-state index in [9.17, 15) is 9.59 Å². The standard InChI is InChI=1S/C23H27N3O3/c1-18(27)24-21-10-7-19(8-11-21)9-12-23(28)25-22(20-5-3-2-4-6-20)17-26-13-15-29-16-14-26/h2-12,22H,13-17H2,1H3,(H,24,27)(H,25,28)/b12-9+. The van der Waals surface area contributed by atoms with E-state index in [0.29, 0.717) is 0 Å². The number of benzene rings is 2. The summed E-state index contributed by atoms with van der Waals surface area (Å²) >= 11 is 0. The van der Waals surface area contributed by atoms with Crippen LogP contribution in [0, 0.1) is 0 Å². The van der Waals surface area contributed by atoms with Gasteiger partial charge < -0.3 is 15.4 Å². The number of rotatable bonds is 7. The summed E-state index contributed by atoms with van der Waals surface area (Å²) in [5.74, 6) is -0.252. The first kappa shape index (κ1) is 20.8. The molecule has 0 aromatic heterocycles. The van der Waals surface area contributed by atoms with Crippen molar-refractivity contribution in [2.45, 2.75) is 13.0 Å². The van der Waals surface area contributed by atoms with Crippen LogP contribution in [0.3, 0.4) is 0 Å². The van der Waals surface area contributed by atoms with Crippen LogP contribution in [0.4, 0.5) is 5.69 Å². The highest BCUT2D eigenvalue weighted by atomic mass is 16.5. The third kappa shape index (κ3) is 6.85. The van der Waals surface area contributed by atoms with E-state index in [4.69, 9.17) is 4.74 Å². The zero-order valence-electron chi connectivity index (χ0n) is 16.6. The molecule has 2 amide bonds. The van der Waals surface area contributed by atoms with E-state index in [1.54, 1.807) is 12.2 Å². The van der Waals surface area contributed by atoms with Crippen molar-refractivity contribution in [1.82, 2.24) is 10.2 Å². The predicted octanol–water partition coefficient (Wildman–Crippen LogP) is 2.85. The fourth-order valence-electron chi connectivity index (χ4n) is 3.23. The van der Waals surface area contributed by atoms with Crippen molar-refractivity contribution >= 4 is 23.6 Å². The van der Waals surface area contributed by atoms with E-state index >= 15 is 0 Å². The van der Waals surface area contributed by atoms with Crippen LogP contribution in [0.25, 0.3) is 6.08 Å². The first-order valence-corrected chi connectivity index (χ1v) is 9.81. The highest BCUT2D eigenvalue weighted by Gasteiger charge is 2.19. The molecular weight excluding hydrogens is 366 g/mol. The Balaban J connectivity index is 1.62. The maximum Gasteiger partial charge on any atom is 0.244 e. The molecule has 1 heterocycles. The van der Waals surface area contributed by atoms with E-state index in [1.165, 1.54) is 6.92 Å². The Hall–Kier alpha value is -2.96. The summed E-state index contributed by atoms with van der Waals surface area (Å²) in [5.41, 5.74) is 2.70. The highest BCUT2D eigenvalue weighted by Crippen LogP contribution is 2.16. The molecule has 6 heteroatoms. The highest BCUT2D eigenvalue weighted by molar-refractivity contribution is 5.92. The molecule has 6 nitrogen and oxygen atoms in total. The molecule has 2 aromatic carbocycles. The van der Waals surface area contributed by atoms with Crippen LogP contribution in [0.2, 0.25) is 0 Å². The summed E-state index contributed by atoms with van der Waals surface area (Å²) in [6.45, 7) is 5.41. The second-order valence-electron chi connectivity index (χ2n) is 7.02. The Kier molecular flexibility index (Phi) is 7.55. The Morgan fingerprint density at radius 1 is 1.07 bits per heavy atom. The zero-order valence-corrected chi connectivity index (χ0v) is 16.6. The molecule has 1 aliphatic heterocycles. The Morgan fingerprint density at radius 3 is 2.41 bits per heavy atom. The second kappa shape index (κ2) is 10.5. The summed E-state index contributed by atoms with van der Waals surface area (Å²) in [6.07, 6.45) is 3.31. The summed E-state index contributed by atoms with van der Waals surface area (Å²) in [5, 5.41) is 5.85. The van der Waals surface area contributed by atoms with Crippen molar-refractivity contribution in [1.29, 1.82) is 0 Å². The Bertz CT molecular complexity index is 828. The van der Waals surface area contributed by atoms with Gasteiger partial charge in [0.15, 0.2) is 0 Å². The summed E-state index contributed by atoms with van der Waals surface area (Å²) < 4.78 is 5.42. The number of carbonyl (C=O) groups excluding carboxylic acids is 2. The van der Waals surface area contributed by atoms with Crippen LogP contribution < -0.4 is 10.6 Å². The SMILES string of the molecule is CC(=O)Nc1ccc(/C=C/C(=O)NC(CN2CCOCC2)c2ccccc2)cc1. The molecule has 0 bridgehead atoms. The lowest BCUT2D eigenvalue weighted by Crippen LogP contribution is -2.42. The first-order chi connectivity index (χ1) is 14.1. The molecule has 0 aliphatic carbocycles. The molecular formula is C23H27N3O3. The molecule has 1 unspecified atom stereocenters. The molecule has 1 fully saturated rings. The average Bonchev–Trinajstić information content (AvgIpc) is 2.74. The Morgan fingerprint density at radius 2 is 1.76 bits per heavy atom. The van der Waals surface area contributed by atoms with Crippen molar-refractivity contribution in [2.24, 2.45) is 0 Å². The van der Waals surface area contributed by atoms with Crippen LogP contribution in [0.5, 0.6) is 0 Å². The predicted molar refractivity (Wildman–Crippen MR) is 114 cm³/mol. The molecule has 2 aromatic rings. The number of nitrogens with one attached hydrogen (secondary N) is 2. The van der Waals surface area contributed by atoms with Crippen molar-refractivity contribution in [3.8, 4) is 0 Å². The van der Waals surface area contributed by atoms with Gasteiger partial charge in [-0.15, -0.1) is 0 Å². The Labute approximate surface area is 171 Å². The largest absolute Gasteiger partial charge is 0.379 e. The maximum absolute atomic E-state index is 12.6. The lowest BCUT2D eigenvalue weighted by atomic mass is 10.1. The monoisotopic (exact) mass is 393 g/mol. The van der Waals surface area contributed by atoms with E-state index in [2.05, 4.69) is 15.5 Å². The van der Waals surface area contributed by atoms with Gasteiger partial charge in [-0.3, -0.25) is 14.5 Å². The molecule has 1 aliphatic rings. The van der Waals surface area contributed by atoms with Gasteiger partial charge in [-0.25, -0.2) is 0 Å². The lowest BCUT2D eigenvalue weighted by Gasteiger charge is -2.31. The molecule has 1 atom stereocenters. The van der Waals surface area contributed by atoms with Gasteiger partial charge in [0.2, 0.25) is 11.8 Å². The summed E-state index contributed by atoms with van der Waals surface area (Å²) in [4.78, 5) is 26.0. The molecule has 0 saturated carbocycles. The average molecular weight is 393 g/mol. The number of nitrogens with zero attached hydrogens (tertiary/aromatic N) is 1. The van der Waals surface area contributed by atoms with E-state index < -0.39 is 0 Å². The molecule has 3 rings (SSSR count). The zero-order chi connectivity index (χ0) is 20.5. The summed E-state index contributed by atoms with van der Waals surface area (Å²) in [6, 6.07) is 17.3. The van der Waals surface area contributed by atoms with Gasteiger partial charge in [-0.05, 0) is 29.3 Å². The fourth-order valence-corrected chi connectivity index (χ4v) is 3.23. The van der Waals surface area contributed by atoms with Gasteiger partial charge in [0, 0.05) is 38.3 Å². The maximum atomic E-state index is 12.6. The number of carbonyl (C=O) groups is 2. The number of amides is 2. The second-order valence-corrected chi connectivity index (χ2v) is 7.02. The van der Waals surface area contributed by atoms with Gasteiger partial charge in [-0.2, -0.15) is 0 Å². The minimum absolute atomic E-state index is 0.0893. The number of anilines is 1. The van der Waals surface area contributed by atoms with Gasteiger partial charge in [-0.1, -0.05) is 42.5 Å². The topological polar surface area (TPSA) is 70.7 Å². The number of morpholine rings is 1. The quantitative estimate of drug-likeness (QED) is 0.710. The number of hydrogen-bond acceptors (Lipinski definition) is 4. The first-order valence-electron chi connectivity index (χ1n) is 9.81. The third-order valence-corrected chi connectivity index (χ3v) is 4.72. The molecule has 1 saturated heterocycles. The lowest BCUT2D eigenvalue weighted by molar-refractivity contribution is -0.117. The number of ether oxygens (including phenoxy) is 1. The summed E-state index contributed by atoms with van der Waals surface area (Å²) in [7, 11) is 0. The smallest absolute Gasteiger partial charge is 0.244 e. The van der Waals surface area contributed by atoms with E-state index in [-0.39, 0.29) is 17.9 Å². The van der Waals surface area contributed by atoms with Crippen molar-refractivity contribution in [3.05, 3.63) is 71.8 Å². The van der Waals surface area contributed by atoms with Gasteiger partial charge in [0.1, 0.15) is 0 Å². The van der Waals surface area contributed by atoms with Gasteiger partial charge >= 0.3 is 0 Å². The molecule has 152 valence electrons. The van der Waals surface area contributed by atoms with E-state index in [1.807, 2.05) is 54.6 Å². The van der Waals surface area contributed by atoms with Gasteiger partial charge in [0.05, 0.1) is 19.3 Å². The van der Waals surface area contributed by atoms with Gasteiger partial charge in [0.25, 0.3) is 0 Å². The van der Waals surface area contributed by atoms with Crippen molar-refractivity contribution < 1.29 is 14.3 Å². The normalized spacial score (nSPS) is 15.8. The van der Waals surface area contributed by atoms with Crippen LogP contribution in [-0.2, 0) is 14.3 Å². The molecule has 29 heavy (non-hydrogen) atoms. The minimum Gasteiger partial charge on any atom is -0.379 e. The number of hydrogen-bond donors (Lipinski definition) is 2. The van der Waals surface area contributed by atoms with Crippen LogP contribution in [-0.4, -0.2) is 49.6 Å². The molecule has 0 radical (unpaired) electrons. The van der Waals surface area contributed by atoms with Crippen LogP contribution in [0.1, 0.15) is 24.1 Å². The van der Waals surface area contributed by atoms with Crippen LogP contribution in [0.15, 0.2) is 60.7 Å². The fraction of sp³-hybridized carbons (Fsp3) is 0.304. The third-order valence-electron chi connectivity index (χ3n) is 4.72. The van der Waals surface area contributed by atoms with E-state index in [0.717, 1.165) is 49.7 Å².